The molecule has 0 bridgehead atoms. The molecule has 4 N–H and O–H groups in total. The van der Waals surface area contributed by atoms with E-state index in [1.165, 1.54) is 0 Å². The SMILES string of the molecule is NC(C(=O)NCC1CCCO1)c1ccc(C(=O)Nc2ccncc2)cc1. The largest absolute Gasteiger partial charge is 0.376 e. The Balaban J connectivity index is 1.55. The third-order valence-corrected chi connectivity index (χ3v) is 4.28. The molecule has 0 radical (unpaired) electrons. The van der Waals surface area contributed by atoms with Crippen molar-refractivity contribution in [3.63, 3.8) is 0 Å². The zero-order valence-electron chi connectivity index (χ0n) is 14.4. The average Bonchev–Trinajstić information content (AvgIpc) is 3.20. The van der Waals surface area contributed by atoms with Gasteiger partial charge in [0, 0.05) is 36.8 Å². The number of carbonyl (C=O) groups excluding carboxylic acids is 2. The highest BCUT2D eigenvalue weighted by molar-refractivity contribution is 6.04. The average molecular weight is 354 g/mol. The van der Waals surface area contributed by atoms with Crippen LogP contribution in [0.5, 0.6) is 0 Å². The summed E-state index contributed by atoms with van der Waals surface area (Å²) in [6.07, 6.45) is 5.26. The maximum absolute atomic E-state index is 12.2. The van der Waals surface area contributed by atoms with Crippen LogP contribution in [0.2, 0.25) is 0 Å². The summed E-state index contributed by atoms with van der Waals surface area (Å²) in [4.78, 5) is 28.3. The summed E-state index contributed by atoms with van der Waals surface area (Å²) in [5.74, 6) is -0.492. The second kappa shape index (κ2) is 8.55. The number of nitrogens with zero attached hydrogens (tertiary/aromatic N) is 1. The fraction of sp³-hybridized carbons (Fsp3) is 0.316. The van der Waals surface area contributed by atoms with Crippen LogP contribution in [0.3, 0.4) is 0 Å². The summed E-state index contributed by atoms with van der Waals surface area (Å²) in [7, 11) is 0. The normalized spacial score (nSPS) is 17.5. The van der Waals surface area contributed by atoms with Gasteiger partial charge in [0.05, 0.1) is 6.10 Å². The lowest BCUT2D eigenvalue weighted by Crippen LogP contribution is -2.38. The quantitative estimate of drug-likeness (QED) is 0.731. The van der Waals surface area contributed by atoms with E-state index in [-0.39, 0.29) is 17.9 Å². The van der Waals surface area contributed by atoms with Gasteiger partial charge in [0.1, 0.15) is 6.04 Å². The molecule has 26 heavy (non-hydrogen) atoms. The molecule has 3 rings (SSSR count). The predicted octanol–water partition coefficient (Wildman–Crippen LogP) is 1.63. The molecule has 1 aromatic heterocycles. The minimum absolute atomic E-state index is 0.0745. The van der Waals surface area contributed by atoms with Crippen molar-refractivity contribution in [2.24, 2.45) is 5.73 Å². The van der Waals surface area contributed by atoms with E-state index >= 15 is 0 Å². The minimum atomic E-state index is -0.784. The monoisotopic (exact) mass is 354 g/mol. The first-order valence-electron chi connectivity index (χ1n) is 8.60. The summed E-state index contributed by atoms with van der Waals surface area (Å²) >= 11 is 0. The van der Waals surface area contributed by atoms with Crippen molar-refractivity contribution in [3.05, 3.63) is 59.9 Å². The molecule has 1 aliphatic rings. The number of aromatic nitrogens is 1. The van der Waals surface area contributed by atoms with Crippen molar-refractivity contribution in [3.8, 4) is 0 Å². The lowest BCUT2D eigenvalue weighted by atomic mass is 10.0. The lowest BCUT2D eigenvalue weighted by molar-refractivity contribution is -0.123. The maximum Gasteiger partial charge on any atom is 0.255 e. The molecule has 2 heterocycles. The molecule has 1 fully saturated rings. The van der Waals surface area contributed by atoms with Gasteiger partial charge in [-0.3, -0.25) is 14.6 Å². The maximum atomic E-state index is 12.2. The molecule has 1 saturated heterocycles. The summed E-state index contributed by atoms with van der Waals surface area (Å²) < 4.78 is 5.48. The van der Waals surface area contributed by atoms with Crippen molar-refractivity contribution in [1.29, 1.82) is 0 Å². The summed E-state index contributed by atoms with van der Waals surface area (Å²) in [5, 5.41) is 5.60. The van der Waals surface area contributed by atoms with Crippen molar-refractivity contribution < 1.29 is 14.3 Å². The van der Waals surface area contributed by atoms with Gasteiger partial charge in [-0.2, -0.15) is 0 Å². The highest BCUT2D eigenvalue weighted by Crippen LogP contribution is 2.15. The number of nitrogens with one attached hydrogen (secondary N) is 2. The molecule has 1 aromatic carbocycles. The van der Waals surface area contributed by atoms with Crippen LogP contribution in [-0.2, 0) is 9.53 Å². The Bertz CT molecular complexity index is 743. The Labute approximate surface area is 151 Å². The van der Waals surface area contributed by atoms with Crippen LogP contribution in [0.15, 0.2) is 48.8 Å². The van der Waals surface area contributed by atoms with Gasteiger partial charge in [-0.25, -0.2) is 0 Å². The molecule has 2 aromatic rings. The van der Waals surface area contributed by atoms with Gasteiger partial charge in [0.25, 0.3) is 5.91 Å². The number of nitrogens with two attached hydrogens (primary N) is 1. The predicted molar refractivity (Wildman–Crippen MR) is 97.5 cm³/mol. The first kappa shape index (κ1) is 18.0. The third kappa shape index (κ3) is 4.65. The number of pyridine rings is 1. The Morgan fingerprint density at radius 3 is 2.58 bits per heavy atom. The number of hydrogen-bond donors (Lipinski definition) is 3. The Morgan fingerprint density at radius 1 is 1.19 bits per heavy atom. The molecule has 1 aliphatic heterocycles. The number of rotatable bonds is 6. The molecule has 0 saturated carbocycles. The highest BCUT2D eigenvalue weighted by atomic mass is 16.5. The number of ether oxygens (including phenoxy) is 1. The van der Waals surface area contributed by atoms with Gasteiger partial charge in [-0.05, 0) is 42.7 Å². The fourth-order valence-corrected chi connectivity index (χ4v) is 2.76. The van der Waals surface area contributed by atoms with Gasteiger partial charge in [0.2, 0.25) is 5.91 Å². The highest BCUT2D eigenvalue weighted by Gasteiger charge is 2.20. The molecule has 2 unspecified atom stereocenters. The molecule has 2 atom stereocenters. The number of amides is 2. The summed E-state index contributed by atoms with van der Waals surface area (Å²) in [6, 6.07) is 9.32. The Kier molecular flexibility index (Phi) is 5.93. The van der Waals surface area contributed by atoms with E-state index in [1.54, 1.807) is 48.8 Å². The standard InChI is InChI=1S/C19H22N4O3/c20-17(19(25)22-12-16-2-1-11-26-16)13-3-5-14(6-4-13)18(24)23-15-7-9-21-10-8-15/h3-10,16-17H,1-2,11-12,20H2,(H,22,25)(H,21,23,24). The lowest BCUT2D eigenvalue weighted by Gasteiger charge is -2.15. The van der Waals surface area contributed by atoms with Gasteiger partial charge >= 0.3 is 0 Å². The second-order valence-corrected chi connectivity index (χ2v) is 6.17. The zero-order valence-corrected chi connectivity index (χ0v) is 14.4. The van der Waals surface area contributed by atoms with Gasteiger partial charge in [0.15, 0.2) is 0 Å². The number of hydrogen-bond acceptors (Lipinski definition) is 5. The summed E-state index contributed by atoms with van der Waals surface area (Å²) in [6.45, 7) is 1.22. The van der Waals surface area contributed by atoms with E-state index in [0.717, 1.165) is 19.4 Å². The van der Waals surface area contributed by atoms with Crippen LogP contribution >= 0.6 is 0 Å². The molecule has 0 aliphatic carbocycles. The van der Waals surface area contributed by atoms with E-state index in [0.29, 0.717) is 23.4 Å². The van der Waals surface area contributed by atoms with Crippen LogP contribution < -0.4 is 16.4 Å². The van der Waals surface area contributed by atoms with E-state index in [4.69, 9.17) is 10.5 Å². The van der Waals surface area contributed by atoms with E-state index in [9.17, 15) is 9.59 Å². The Hall–Kier alpha value is -2.77. The summed E-state index contributed by atoms with van der Waals surface area (Å²) in [5.41, 5.74) is 7.81. The number of carbonyl (C=O) groups is 2. The minimum Gasteiger partial charge on any atom is -0.376 e. The van der Waals surface area contributed by atoms with Gasteiger partial charge in [-0.15, -0.1) is 0 Å². The molecule has 7 heteroatoms. The van der Waals surface area contributed by atoms with Gasteiger partial charge in [-0.1, -0.05) is 12.1 Å². The van der Waals surface area contributed by atoms with E-state index in [2.05, 4.69) is 15.6 Å². The third-order valence-electron chi connectivity index (χ3n) is 4.28. The van der Waals surface area contributed by atoms with E-state index in [1.807, 2.05) is 0 Å². The molecular formula is C19H22N4O3. The topological polar surface area (TPSA) is 106 Å². The van der Waals surface area contributed by atoms with Crippen LogP contribution in [0.4, 0.5) is 5.69 Å². The van der Waals surface area contributed by atoms with Crippen LogP contribution in [0.1, 0.15) is 34.8 Å². The van der Waals surface area contributed by atoms with Crippen LogP contribution in [0.25, 0.3) is 0 Å². The number of anilines is 1. The molecular weight excluding hydrogens is 332 g/mol. The molecule has 7 nitrogen and oxygen atoms in total. The van der Waals surface area contributed by atoms with Crippen LogP contribution in [0, 0.1) is 0 Å². The van der Waals surface area contributed by atoms with Crippen molar-refractivity contribution in [2.45, 2.75) is 25.0 Å². The first-order chi connectivity index (χ1) is 12.6. The first-order valence-corrected chi connectivity index (χ1v) is 8.60. The smallest absolute Gasteiger partial charge is 0.255 e. The number of benzene rings is 1. The van der Waals surface area contributed by atoms with Crippen molar-refractivity contribution in [2.75, 3.05) is 18.5 Å². The van der Waals surface area contributed by atoms with E-state index < -0.39 is 6.04 Å². The van der Waals surface area contributed by atoms with Gasteiger partial charge < -0.3 is 21.1 Å². The molecule has 0 spiro atoms. The zero-order chi connectivity index (χ0) is 18.4. The molecule has 2 amide bonds. The van der Waals surface area contributed by atoms with Crippen molar-refractivity contribution >= 4 is 17.5 Å². The Morgan fingerprint density at radius 2 is 1.92 bits per heavy atom. The molecule has 136 valence electrons. The second-order valence-electron chi connectivity index (χ2n) is 6.17. The van der Waals surface area contributed by atoms with Crippen molar-refractivity contribution in [1.82, 2.24) is 10.3 Å². The van der Waals surface area contributed by atoms with Crippen LogP contribution in [-0.4, -0.2) is 36.1 Å². The fourth-order valence-electron chi connectivity index (χ4n) is 2.76.